The molecule has 2 rings (SSSR count). The molecule has 3 nitrogen and oxygen atoms in total. The Labute approximate surface area is 117 Å². The molecule has 0 bridgehead atoms. The maximum atomic E-state index is 12.7. The number of carbonyl (C=O) groups excluding carboxylic acids is 1. The SMILES string of the molecule is CC1CCCN(C(=O)C2(CN)CCCC2)CC1.Cl. The van der Waals surface area contributed by atoms with Crippen molar-refractivity contribution in [2.45, 2.75) is 51.9 Å². The molecule has 1 atom stereocenters. The molecule has 1 heterocycles. The van der Waals surface area contributed by atoms with Crippen molar-refractivity contribution in [3.05, 3.63) is 0 Å². The Kier molecular flexibility index (Phi) is 5.93. The number of amides is 1. The summed E-state index contributed by atoms with van der Waals surface area (Å²) in [6, 6.07) is 0. The van der Waals surface area contributed by atoms with E-state index in [9.17, 15) is 4.79 Å². The predicted octanol–water partition coefficient (Wildman–Crippen LogP) is 2.58. The molecule has 0 radical (unpaired) electrons. The number of nitrogens with two attached hydrogens (primary N) is 1. The first-order valence-electron chi connectivity index (χ1n) is 7.17. The van der Waals surface area contributed by atoms with Crippen molar-refractivity contribution in [1.29, 1.82) is 0 Å². The Bertz CT molecular complexity index is 277. The molecule has 106 valence electrons. The standard InChI is InChI=1S/C14H26N2O.ClH/c1-12-5-4-9-16(10-6-12)13(17)14(11-15)7-2-3-8-14;/h12H,2-11,15H2,1H3;1H. The Morgan fingerprint density at radius 1 is 1.22 bits per heavy atom. The van der Waals surface area contributed by atoms with Crippen LogP contribution in [0.5, 0.6) is 0 Å². The van der Waals surface area contributed by atoms with E-state index in [1.165, 1.54) is 19.3 Å². The Balaban J connectivity index is 0.00000162. The van der Waals surface area contributed by atoms with Crippen molar-refractivity contribution in [1.82, 2.24) is 4.90 Å². The Morgan fingerprint density at radius 2 is 1.89 bits per heavy atom. The van der Waals surface area contributed by atoms with Crippen molar-refractivity contribution < 1.29 is 4.79 Å². The van der Waals surface area contributed by atoms with E-state index in [1.54, 1.807) is 0 Å². The molecule has 1 unspecified atom stereocenters. The molecule has 1 aliphatic carbocycles. The number of likely N-dealkylation sites (tertiary alicyclic amines) is 1. The lowest BCUT2D eigenvalue weighted by Gasteiger charge is -2.33. The first-order valence-corrected chi connectivity index (χ1v) is 7.17. The van der Waals surface area contributed by atoms with Crippen LogP contribution < -0.4 is 5.73 Å². The summed E-state index contributed by atoms with van der Waals surface area (Å²) in [7, 11) is 0. The third-order valence-electron chi connectivity index (χ3n) is 4.71. The maximum absolute atomic E-state index is 12.7. The van der Waals surface area contributed by atoms with E-state index in [0.29, 0.717) is 12.5 Å². The van der Waals surface area contributed by atoms with Crippen molar-refractivity contribution in [3.63, 3.8) is 0 Å². The number of hydrogen-bond donors (Lipinski definition) is 1. The molecule has 2 N–H and O–H groups in total. The topological polar surface area (TPSA) is 46.3 Å². The van der Waals surface area contributed by atoms with E-state index in [0.717, 1.165) is 44.7 Å². The van der Waals surface area contributed by atoms with Crippen molar-refractivity contribution in [3.8, 4) is 0 Å². The molecule has 0 aromatic carbocycles. The zero-order valence-electron chi connectivity index (χ0n) is 11.5. The van der Waals surface area contributed by atoms with Crippen molar-refractivity contribution in [2.75, 3.05) is 19.6 Å². The van der Waals surface area contributed by atoms with Gasteiger partial charge in [-0.1, -0.05) is 19.8 Å². The average molecular weight is 275 g/mol. The number of carbonyl (C=O) groups is 1. The first kappa shape index (κ1) is 15.8. The molecule has 1 aliphatic heterocycles. The molecule has 4 heteroatoms. The molecule has 1 amide bonds. The minimum Gasteiger partial charge on any atom is -0.342 e. The zero-order chi connectivity index (χ0) is 12.3. The molecule has 0 spiro atoms. The first-order chi connectivity index (χ1) is 8.18. The highest BCUT2D eigenvalue weighted by atomic mass is 35.5. The van der Waals surface area contributed by atoms with Gasteiger partial charge in [-0.25, -0.2) is 0 Å². The molecule has 0 aromatic rings. The third kappa shape index (κ3) is 3.18. The maximum Gasteiger partial charge on any atom is 0.230 e. The van der Waals surface area contributed by atoms with Crippen LogP contribution in [0.4, 0.5) is 0 Å². The number of nitrogens with zero attached hydrogens (tertiary/aromatic N) is 1. The summed E-state index contributed by atoms with van der Waals surface area (Å²) >= 11 is 0. The quantitative estimate of drug-likeness (QED) is 0.841. The molecular formula is C14H27ClN2O. The monoisotopic (exact) mass is 274 g/mol. The fourth-order valence-electron chi connectivity index (χ4n) is 3.36. The van der Waals surface area contributed by atoms with E-state index in [1.807, 2.05) is 0 Å². The predicted molar refractivity (Wildman–Crippen MR) is 76.8 cm³/mol. The molecule has 1 saturated heterocycles. The van der Waals surface area contributed by atoms with Gasteiger partial charge in [-0.2, -0.15) is 0 Å². The minimum atomic E-state index is -0.201. The Morgan fingerprint density at radius 3 is 2.50 bits per heavy atom. The summed E-state index contributed by atoms with van der Waals surface area (Å²) in [5.41, 5.74) is 5.69. The van der Waals surface area contributed by atoms with E-state index < -0.39 is 0 Å². The van der Waals surface area contributed by atoms with Crippen LogP contribution in [-0.2, 0) is 4.79 Å². The van der Waals surface area contributed by atoms with Gasteiger partial charge in [0.05, 0.1) is 5.41 Å². The second-order valence-corrected chi connectivity index (χ2v) is 6.02. The largest absolute Gasteiger partial charge is 0.342 e. The van der Waals surface area contributed by atoms with E-state index in [-0.39, 0.29) is 17.8 Å². The number of rotatable bonds is 2. The minimum absolute atomic E-state index is 0. The van der Waals surface area contributed by atoms with E-state index in [2.05, 4.69) is 11.8 Å². The summed E-state index contributed by atoms with van der Waals surface area (Å²) in [5.74, 6) is 1.12. The highest BCUT2D eigenvalue weighted by Crippen LogP contribution is 2.39. The molecule has 1 saturated carbocycles. The molecule has 2 fully saturated rings. The number of hydrogen-bond acceptors (Lipinski definition) is 2. The lowest BCUT2D eigenvalue weighted by atomic mass is 9.84. The van der Waals surface area contributed by atoms with Crippen LogP contribution in [0.25, 0.3) is 0 Å². The highest BCUT2D eigenvalue weighted by Gasteiger charge is 2.42. The number of halogens is 1. The van der Waals surface area contributed by atoms with Crippen LogP contribution in [0.1, 0.15) is 51.9 Å². The van der Waals surface area contributed by atoms with Crippen LogP contribution in [0.3, 0.4) is 0 Å². The Hall–Kier alpha value is -0.280. The molecule has 0 aromatic heterocycles. The van der Waals surface area contributed by atoms with Gasteiger partial charge in [-0.05, 0) is 38.0 Å². The van der Waals surface area contributed by atoms with Crippen molar-refractivity contribution >= 4 is 18.3 Å². The van der Waals surface area contributed by atoms with Crippen molar-refractivity contribution in [2.24, 2.45) is 17.1 Å². The summed E-state index contributed by atoms with van der Waals surface area (Å²) in [6.07, 6.45) is 7.95. The lowest BCUT2D eigenvalue weighted by Crippen LogP contribution is -2.47. The van der Waals surface area contributed by atoms with Gasteiger partial charge in [0.2, 0.25) is 5.91 Å². The summed E-state index contributed by atoms with van der Waals surface area (Å²) in [5, 5.41) is 0. The van der Waals surface area contributed by atoms with Gasteiger partial charge in [-0.3, -0.25) is 4.79 Å². The normalized spacial score (nSPS) is 27.4. The average Bonchev–Trinajstić information content (AvgIpc) is 2.73. The van der Waals surface area contributed by atoms with Gasteiger partial charge >= 0.3 is 0 Å². The van der Waals surface area contributed by atoms with Crippen LogP contribution >= 0.6 is 12.4 Å². The summed E-state index contributed by atoms with van der Waals surface area (Å²) in [4.78, 5) is 14.8. The fourth-order valence-corrected chi connectivity index (χ4v) is 3.36. The van der Waals surface area contributed by atoms with E-state index in [4.69, 9.17) is 5.73 Å². The van der Waals surface area contributed by atoms with Gasteiger partial charge < -0.3 is 10.6 Å². The van der Waals surface area contributed by atoms with Crippen LogP contribution in [0.15, 0.2) is 0 Å². The third-order valence-corrected chi connectivity index (χ3v) is 4.71. The van der Waals surface area contributed by atoms with Gasteiger partial charge in [0.1, 0.15) is 0 Å². The van der Waals surface area contributed by atoms with Gasteiger partial charge in [-0.15, -0.1) is 12.4 Å². The summed E-state index contributed by atoms with van der Waals surface area (Å²) in [6.45, 7) is 4.73. The molecular weight excluding hydrogens is 248 g/mol. The zero-order valence-corrected chi connectivity index (χ0v) is 12.3. The lowest BCUT2D eigenvalue weighted by molar-refractivity contribution is -0.141. The smallest absolute Gasteiger partial charge is 0.230 e. The van der Waals surface area contributed by atoms with Crippen LogP contribution in [-0.4, -0.2) is 30.4 Å². The molecule has 2 aliphatic rings. The van der Waals surface area contributed by atoms with Gasteiger partial charge in [0, 0.05) is 19.6 Å². The summed E-state index contributed by atoms with van der Waals surface area (Å²) < 4.78 is 0. The van der Waals surface area contributed by atoms with Crippen LogP contribution in [0, 0.1) is 11.3 Å². The van der Waals surface area contributed by atoms with Gasteiger partial charge in [0.25, 0.3) is 0 Å². The van der Waals surface area contributed by atoms with Gasteiger partial charge in [0.15, 0.2) is 0 Å². The second-order valence-electron chi connectivity index (χ2n) is 6.02. The fraction of sp³-hybridized carbons (Fsp3) is 0.929. The second kappa shape index (κ2) is 6.76. The van der Waals surface area contributed by atoms with E-state index >= 15 is 0 Å². The molecule has 18 heavy (non-hydrogen) atoms. The highest BCUT2D eigenvalue weighted by molar-refractivity contribution is 5.85. The van der Waals surface area contributed by atoms with Crippen LogP contribution in [0.2, 0.25) is 0 Å².